The summed E-state index contributed by atoms with van der Waals surface area (Å²) in [6.07, 6.45) is 0.885. The van der Waals surface area contributed by atoms with Gasteiger partial charge in [-0.3, -0.25) is 4.79 Å². The first-order valence-electron chi connectivity index (χ1n) is 6.41. The zero-order valence-electron chi connectivity index (χ0n) is 11.6. The number of ether oxygens (including phenoxy) is 1. The molecule has 2 atom stereocenters. The topological polar surface area (TPSA) is 64.3 Å². The van der Waals surface area contributed by atoms with Crippen LogP contribution in [0.4, 0.5) is 0 Å². The molecule has 0 aliphatic rings. The molecular formula is C14H21ClN2O2. The summed E-state index contributed by atoms with van der Waals surface area (Å²) in [6.45, 7) is 5.80. The van der Waals surface area contributed by atoms with Gasteiger partial charge in [0.15, 0.2) is 6.61 Å². The zero-order valence-corrected chi connectivity index (χ0v) is 12.3. The van der Waals surface area contributed by atoms with Gasteiger partial charge >= 0.3 is 0 Å². The van der Waals surface area contributed by atoms with Gasteiger partial charge in [0.1, 0.15) is 5.75 Å². The molecule has 0 saturated carbocycles. The summed E-state index contributed by atoms with van der Waals surface area (Å²) in [4.78, 5) is 11.6. The smallest absolute Gasteiger partial charge is 0.258 e. The van der Waals surface area contributed by atoms with Gasteiger partial charge < -0.3 is 15.8 Å². The van der Waals surface area contributed by atoms with Gasteiger partial charge in [-0.05, 0) is 38.0 Å². The average Bonchev–Trinajstić information content (AvgIpc) is 2.36. The lowest BCUT2D eigenvalue weighted by molar-refractivity contribution is -0.123. The average molecular weight is 285 g/mol. The highest BCUT2D eigenvalue weighted by molar-refractivity contribution is 6.32. The Hall–Kier alpha value is -1.26. The third kappa shape index (κ3) is 5.09. The molecule has 1 amide bonds. The molecule has 106 valence electrons. The Morgan fingerprint density at radius 2 is 2.16 bits per heavy atom. The number of carbonyl (C=O) groups is 1. The second kappa shape index (κ2) is 7.36. The minimum atomic E-state index is -0.151. The molecule has 0 fully saturated rings. The minimum absolute atomic E-state index is 0.0401. The predicted molar refractivity (Wildman–Crippen MR) is 77.4 cm³/mol. The first-order chi connectivity index (χ1) is 8.93. The van der Waals surface area contributed by atoms with Crippen LogP contribution in [0.2, 0.25) is 5.02 Å². The Labute approximate surface area is 119 Å². The Morgan fingerprint density at radius 1 is 1.47 bits per heavy atom. The lowest BCUT2D eigenvalue weighted by atomic mass is 10.1. The van der Waals surface area contributed by atoms with Crippen LogP contribution in [0.1, 0.15) is 38.8 Å². The Balaban J connectivity index is 2.56. The third-order valence-corrected chi connectivity index (χ3v) is 3.16. The van der Waals surface area contributed by atoms with Gasteiger partial charge in [-0.2, -0.15) is 0 Å². The van der Waals surface area contributed by atoms with Crippen molar-refractivity contribution in [2.24, 2.45) is 5.73 Å². The molecule has 4 nitrogen and oxygen atoms in total. The number of hydrogen-bond acceptors (Lipinski definition) is 3. The first-order valence-corrected chi connectivity index (χ1v) is 6.79. The van der Waals surface area contributed by atoms with E-state index in [2.05, 4.69) is 5.32 Å². The number of nitrogens with one attached hydrogen (secondary N) is 1. The second-order valence-electron chi connectivity index (χ2n) is 4.64. The Bertz CT molecular complexity index is 435. The van der Waals surface area contributed by atoms with E-state index < -0.39 is 0 Å². The molecule has 0 radical (unpaired) electrons. The number of benzene rings is 1. The van der Waals surface area contributed by atoms with Gasteiger partial charge in [0.25, 0.3) is 5.91 Å². The maximum Gasteiger partial charge on any atom is 0.258 e. The maximum atomic E-state index is 11.6. The molecular weight excluding hydrogens is 264 g/mol. The number of halogens is 1. The normalized spacial score (nSPS) is 13.7. The molecule has 0 aromatic heterocycles. The van der Waals surface area contributed by atoms with E-state index in [1.54, 1.807) is 12.1 Å². The van der Waals surface area contributed by atoms with E-state index in [4.69, 9.17) is 22.1 Å². The quantitative estimate of drug-likeness (QED) is 0.844. The van der Waals surface area contributed by atoms with Crippen LogP contribution in [0.5, 0.6) is 5.75 Å². The van der Waals surface area contributed by atoms with Crippen molar-refractivity contribution in [3.63, 3.8) is 0 Å². The molecule has 0 saturated heterocycles. The van der Waals surface area contributed by atoms with E-state index in [9.17, 15) is 4.79 Å². The molecule has 0 bridgehead atoms. The van der Waals surface area contributed by atoms with Crippen molar-refractivity contribution in [1.82, 2.24) is 5.32 Å². The highest BCUT2D eigenvalue weighted by Gasteiger charge is 2.09. The number of amides is 1. The Kier molecular flexibility index (Phi) is 6.12. The largest absolute Gasteiger partial charge is 0.482 e. The van der Waals surface area contributed by atoms with Crippen LogP contribution < -0.4 is 15.8 Å². The van der Waals surface area contributed by atoms with Crippen molar-refractivity contribution in [3.05, 3.63) is 28.8 Å². The molecule has 1 rings (SSSR count). The molecule has 0 spiro atoms. The van der Waals surface area contributed by atoms with E-state index in [-0.39, 0.29) is 24.6 Å². The molecule has 0 heterocycles. The lowest BCUT2D eigenvalue weighted by Gasteiger charge is -2.13. The Morgan fingerprint density at radius 3 is 2.68 bits per heavy atom. The maximum absolute atomic E-state index is 11.6. The standard InChI is InChI=1S/C14H21ClN2O2/c1-4-9(2)17-14(18)8-19-13-6-5-11(10(3)16)7-12(13)15/h5-7,9-10H,4,8,16H2,1-3H3,(H,17,18). The third-order valence-electron chi connectivity index (χ3n) is 2.86. The first kappa shape index (κ1) is 15.8. The molecule has 0 aliphatic heterocycles. The van der Waals surface area contributed by atoms with Gasteiger partial charge in [-0.15, -0.1) is 0 Å². The predicted octanol–water partition coefficient (Wildman–Crippen LogP) is 2.65. The molecule has 1 aromatic carbocycles. The highest BCUT2D eigenvalue weighted by Crippen LogP contribution is 2.27. The van der Waals surface area contributed by atoms with Crippen LogP contribution in [0.25, 0.3) is 0 Å². The SMILES string of the molecule is CCC(C)NC(=O)COc1ccc(C(C)N)cc1Cl. The summed E-state index contributed by atoms with van der Waals surface area (Å²) in [5, 5.41) is 3.29. The van der Waals surface area contributed by atoms with Gasteiger partial charge in [0, 0.05) is 12.1 Å². The minimum Gasteiger partial charge on any atom is -0.482 e. The summed E-state index contributed by atoms with van der Waals surface area (Å²) in [5.41, 5.74) is 6.69. The molecule has 2 unspecified atom stereocenters. The lowest BCUT2D eigenvalue weighted by Crippen LogP contribution is -2.35. The second-order valence-corrected chi connectivity index (χ2v) is 5.05. The summed E-state index contributed by atoms with van der Waals surface area (Å²) in [7, 11) is 0. The molecule has 1 aromatic rings. The van der Waals surface area contributed by atoms with E-state index in [0.29, 0.717) is 10.8 Å². The molecule has 3 N–H and O–H groups in total. The van der Waals surface area contributed by atoms with Crippen molar-refractivity contribution in [2.45, 2.75) is 39.3 Å². The van der Waals surface area contributed by atoms with Crippen LogP contribution >= 0.6 is 11.6 Å². The fraction of sp³-hybridized carbons (Fsp3) is 0.500. The number of rotatable bonds is 6. The van der Waals surface area contributed by atoms with Crippen LogP contribution in [0.15, 0.2) is 18.2 Å². The number of hydrogen-bond donors (Lipinski definition) is 2. The summed E-state index contributed by atoms with van der Waals surface area (Å²) < 4.78 is 5.39. The van der Waals surface area contributed by atoms with Crippen molar-refractivity contribution in [3.8, 4) is 5.75 Å². The van der Waals surface area contributed by atoms with Gasteiger partial charge in [0.2, 0.25) is 0 Å². The highest BCUT2D eigenvalue weighted by atomic mass is 35.5. The van der Waals surface area contributed by atoms with Gasteiger partial charge in [-0.25, -0.2) is 0 Å². The van der Waals surface area contributed by atoms with Crippen molar-refractivity contribution < 1.29 is 9.53 Å². The number of nitrogens with two attached hydrogens (primary N) is 1. The van der Waals surface area contributed by atoms with Gasteiger partial charge in [-0.1, -0.05) is 24.6 Å². The van der Waals surface area contributed by atoms with Crippen molar-refractivity contribution >= 4 is 17.5 Å². The van der Waals surface area contributed by atoms with E-state index in [1.165, 1.54) is 0 Å². The van der Waals surface area contributed by atoms with Crippen LogP contribution in [-0.4, -0.2) is 18.6 Å². The van der Waals surface area contributed by atoms with Crippen molar-refractivity contribution in [1.29, 1.82) is 0 Å². The molecule has 19 heavy (non-hydrogen) atoms. The fourth-order valence-electron chi connectivity index (χ4n) is 1.48. The fourth-order valence-corrected chi connectivity index (χ4v) is 1.72. The van der Waals surface area contributed by atoms with E-state index >= 15 is 0 Å². The molecule has 0 aliphatic carbocycles. The summed E-state index contributed by atoms with van der Waals surface area (Å²) in [6, 6.07) is 5.40. The zero-order chi connectivity index (χ0) is 14.4. The number of carbonyl (C=O) groups excluding carboxylic acids is 1. The van der Waals surface area contributed by atoms with Gasteiger partial charge in [0.05, 0.1) is 5.02 Å². The van der Waals surface area contributed by atoms with Crippen molar-refractivity contribution in [2.75, 3.05) is 6.61 Å². The van der Waals surface area contributed by atoms with Crippen LogP contribution in [0.3, 0.4) is 0 Å². The summed E-state index contributed by atoms with van der Waals surface area (Å²) >= 11 is 6.08. The van der Waals surface area contributed by atoms with Crippen LogP contribution in [0, 0.1) is 0 Å². The van der Waals surface area contributed by atoms with E-state index in [1.807, 2.05) is 26.8 Å². The van der Waals surface area contributed by atoms with Crippen LogP contribution in [-0.2, 0) is 4.79 Å². The summed E-state index contributed by atoms with van der Waals surface area (Å²) in [5.74, 6) is 0.340. The monoisotopic (exact) mass is 284 g/mol. The molecule has 5 heteroatoms. The van der Waals surface area contributed by atoms with E-state index in [0.717, 1.165) is 12.0 Å².